The zero-order valence-electron chi connectivity index (χ0n) is 22.6. The van der Waals surface area contributed by atoms with Gasteiger partial charge in [0.2, 0.25) is 17.1 Å². The highest BCUT2D eigenvalue weighted by atomic mass is 16.5. The Morgan fingerprint density at radius 3 is 2.24 bits per heavy atom. The summed E-state index contributed by atoms with van der Waals surface area (Å²) in [6.45, 7) is 16.1. The predicted octanol–water partition coefficient (Wildman–Crippen LogP) is 6.38. The minimum Gasteiger partial charge on any atom is -0.488 e. The number of aliphatic hydroxyl groups is 1. The molecule has 0 fully saturated rings. The average molecular weight is 470 g/mol. The molecule has 0 aliphatic rings. The maximum atomic E-state index is 12.5. The Morgan fingerprint density at radius 1 is 1.03 bits per heavy atom. The summed E-state index contributed by atoms with van der Waals surface area (Å²) < 4.78 is 10.5. The largest absolute Gasteiger partial charge is 0.488 e. The molecule has 0 aliphatic carbocycles. The van der Waals surface area contributed by atoms with Gasteiger partial charge in [-0.1, -0.05) is 59.6 Å². The quantitative estimate of drug-likeness (QED) is 0.291. The first-order valence-corrected chi connectivity index (χ1v) is 11.8. The average Bonchev–Trinajstić information content (AvgIpc) is 2.78. The highest BCUT2D eigenvalue weighted by Crippen LogP contribution is 2.23. The molecule has 5 nitrogen and oxygen atoms in total. The molecular weight excluding hydrogens is 426 g/mol. The molecule has 0 saturated carbocycles. The van der Waals surface area contributed by atoms with Crippen LogP contribution in [0.3, 0.4) is 0 Å². The van der Waals surface area contributed by atoms with Crippen LogP contribution < -0.4 is 14.9 Å². The van der Waals surface area contributed by atoms with Gasteiger partial charge in [0.15, 0.2) is 0 Å². The standard InChI is InChI=1S/C29H43NO4/c1-11-18(2)16-22(6)26(31)23(7)17-21(5)15-20(4)14-19(3)12-13-25-24(8)27(32)28(33-9)29(30-25)34-10/h11-12,15-17,23,26,31H,13-14H2,1-10H3,(H,30,32)/b18-11+,19-12+,20-15+,21-17+,22-16+. The van der Waals surface area contributed by atoms with Gasteiger partial charge in [0.25, 0.3) is 0 Å². The maximum absolute atomic E-state index is 12.5. The summed E-state index contributed by atoms with van der Waals surface area (Å²) in [5, 5.41) is 10.6. The highest BCUT2D eigenvalue weighted by Gasteiger charge is 2.15. The van der Waals surface area contributed by atoms with Gasteiger partial charge in [0.05, 0.1) is 20.3 Å². The summed E-state index contributed by atoms with van der Waals surface area (Å²) in [5.74, 6) is 0.567. The Kier molecular flexibility index (Phi) is 11.9. The monoisotopic (exact) mass is 469 g/mol. The Balaban J connectivity index is 2.92. The fraction of sp³-hybridized carbons (Fsp3) is 0.483. The number of aromatic amines is 1. The number of aliphatic hydroxyl groups excluding tert-OH is 1. The number of methoxy groups -OCH3 is 2. The topological polar surface area (TPSA) is 71.6 Å². The minimum atomic E-state index is -0.507. The third kappa shape index (κ3) is 8.53. The van der Waals surface area contributed by atoms with E-state index in [1.54, 1.807) is 6.92 Å². The number of ether oxygens (including phenoxy) is 2. The lowest BCUT2D eigenvalue weighted by molar-refractivity contribution is 0.173. The van der Waals surface area contributed by atoms with Crippen LogP contribution in [0.15, 0.2) is 63.0 Å². The van der Waals surface area contributed by atoms with Gasteiger partial charge < -0.3 is 19.6 Å². The Morgan fingerprint density at radius 2 is 1.68 bits per heavy atom. The van der Waals surface area contributed by atoms with E-state index >= 15 is 0 Å². The molecule has 0 amide bonds. The van der Waals surface area contributed by atoms with Gasteiger partial charge in [-0.05, 0) is 60.5 Å². The van der Waals surface area contributed by atoms with Crippen molar-refractivity contribution >= 4 is 0 Å². The smallest absolute Gasteiger partial charge is 0.238 e. The van der Waals surface area contributed by atoms with Crippen LogP contribution in [-0.2, 0) is 6.42 Å². The summed E-state index contributed by atoms with van der Waals surface area (Å²) in [5.41, 5.74) is 6.99. The Labute approximate surface area is 205 Å². The maximum Gasteiger partial charge on any atom is 0.238 e. The van der Waals surface area contributed by atoms with Gasteiger partial charge in [-0.2, -0.15) is 0 Å². The van der Waals surface area contributed by atoms with Crippen molar-refractivity contribution < 1.29 is 14.6 Å². The fourth-order valence-electron chi connectivity index (χ4n) is 3.96. The van der Waals surface area contributed by atoms with E-state index in [0.29, 0.717) is 17.9 Å². The van der Waals surface area contributed by atoms with E-state index in [1.165, 1.54) is 25.4 Å². The molecule has 1 aromatic heterocycles. The van der Waals surface area contributed by atoms with E-state index < -0.39 is 6.10 Å². The molecule has 0 spiro atoms. The first-order chi connectivity index (χ1) is 15.9. The van der Waals surface area contributed by atoms with Crippen LogP contribution in [-0.4, -0.2) is 30.4 Å². The summed E-state index contributed by atoms with van der Waals surface area (Å²) in [6, 6.07) is 0. The molecule has 188 valence electrons. The number of allylic oxidation sites excluding steroid dienone is 8. The van der Waals surface area contributed by atoms with Crippen molar-refractivity contribution in [1.29, 1.82) is 0 Å². The number of hydrogen-bond acceptors (Lipinski definition) is 4. The van der Waals surface area contributed by atoms with Crippen molar-refractivity contribution in [3.8, 4) is 11.6 Å². The normalized spacial score (nSPS) is 15.9. The molecule has 34 heavy (non-hydrogen) atoms. The highest BCUT2D eigenvalue weighted by molar-refractivity contribution is 5.40. The molecule has 5 heteroatoms. The molecule has 0 bridgehead atoms. The fourth-order valence-corrected chi connectivity index (χ4v) is 3.96. The van der Waals surface area contributed by atoms with Crippen molar-refractivity contribution in [3.63, 3.8) is 0 Å². The Bertz CT molecular complexity index is 1050. The van der Waals surface area contributed by atoms with Gasteiger partial charge in [-0.3, -0.25) is 4.79 Å². The van der Waals surface area contributed by atoms with Crippen molar-refractivity contribution in [3.05, 3.63) is 79.7 Å². The minimum absolute atomic E-state index is 0.0199. The van der Waals surface area contributed by atoms with E-state index in [4.69, 9.17) is 9.47 Å². The van der Waals surface area contributed by atoms with Crippen molar-refractivity contribution in [2.24, 2.45) is 5.92 Å². The van der Waals surface area contributed by atoms with Crippen LogP contribution in [0.2, 0.25) is 0 Å². The molecule has 2 N–H and O–H groups in total. The van der Waals surface area contributed by atoms with Crippen LogP contribution in [0.25, 0.3) is 0 Å². The van der Waals surface area contributed by atoms with Crippen LogP contribution in [0.5, 0.6) is 11.6 Å². The summed E-state index contributed by atoms with van der Waals surface area (Å²) in [4.78, 5) is 15.7. The molecule has 0 radical (unpaired) electrons. The second-order valence-electron chi connectivity index (χ2n) is 9.18. The molecule has 2 unspecified atom stereocenters. The zero-order chi connectivity index (χ0) is 26.0. The molecule has 0 aliphatic heterocycles. The van der Waals surface area contributed by atoms with Crippen LogP contribution in [0, 0.1) is 12.8 Å². The number of pyridine rings is 1. The SMILES string of the molecule is C/C=C(C)/C=C(\C)C(O)C(C)/C=C(C)/C=C(\C)C/C(C)=C/Cc1[nH]c(OC)c(OC)c(=O)c1C. The molecule has 1 rings (SSSR count). The van der Waals surface area contributed by atoms with Crippen LogP contribution >= 0.6 is 0 Å². The number of rotatable bonds is 11. The predicted molar refractivity (Wildman–Crippen MR) is 143 cm³/mol. The molecule has 2 atom stereocenters. The van der Waals surface area contributed by atoms with Gasteiger partial charge >= 0.3 is 0 Å². The van der Waals surface area contributed by atoms with Gasteiger partial charge in [0, 0.05) is 23.6 Å². The Hall–Kier alpha value is -2.79. The summed E-state index contributed by atoms with van der Waals surface area (Å²) >= 11 is 0. The van der Waals surface area contributed by atoms with Gasteiger partial charge in [-0.15, -0.1) is 0 Å². The molecule has 1 heterocycles. The third-order valence-electron chi connectivity index (χ3n) is 5.97. The van der Waals surface area contributed by atoms with Crippen molar-refractivity contribution in [1.82, 2.24) is 4.98 Å². The molecule has 0 saturated heterocycles. The molecule has 1 aromatic rings. The van der Waals surface area contributed by atoms with Crippen molar-refractivity contribution in [2.45, 2.75) is 74.3 Å². The van der Waals surface area contributed by atoms with E-state index in [1.807, 2.05) is 39.8 Å². The first kappa shape index (κ1) is 29.2. The van der Waals surface area contributed by atoms with Crippen LogP contribution in [0.1, 0.15) is 66.1 Å². The lowest BCUT2D eigenvalue weighted by atomic mass is 9.94. The van der Waals surface area contributed by atoms with E-state index in [-0.39, 0.29) is 17.1 Å². The second kappa shape index (κ2) is 13.8. The van der Waals surface area contributed by atoms with E-state index in [0.717, 1.165) is 28.8 Å². The number of aromatic nitrogens is 1. The van der Waals surface area contributed by atoms with Gasteiger partial charge in [-0.25, -0.2) is 0 Å². The number of hydrogen-bond donors (Lipinski definition) is 2. The second-order valence-corrected chi connectivity index (χ2v) is 9.18. The number of H-pyrrole nitrogens is 1. The van der Waals surface area contributed by atoms with E-state index in [9.17, 15) is 9.90 Å². The summed E-state index contributed by atoms with van der Waals surface area (Å²) in [6.07, 6.45) is 11.4. The van der Waals surface area contributed by atoms with Crippen LogP contribution in [0.4, 0.5) is 0 Å². The van der Waals surface area contributed by atoms with Crippen molar-refractivity contribution in [2.75, 3.05) is 14.2 Å². The summed E-state index contributed by atoms with van der Waals surface area (Å²) in [7, 11) is 2.98. The third-order valence-corrected chi connectivity index (χ3v) is 5.97. The lowest BCUT2D eigenvalue weighted by Crippen LogP contribution is -2.17. The lowest BCUT2D eigenvalue weighted by Gasteiger charge is -2.17. The molecular formula is C29H43NO4. The zero-order valence-corrected chi connectivity index (χ0v) is 22.6. The number of nitrogens with one attached hydrogen (secondary N) is 1. The first-order valence-electron chi connectivity index (χ1n) is 11.8. The van der Waals surface area contributed by atoms with E-state index in [2.05, 4.69) is 44.0 Å². The van der Waals surface area contributed by atoms with Gasteiger partial charge in [0.1, 0.15) is 0 Å². The molecule has 0 aromatic carbocycles.